The Kier molecular flexibility index (Phi) is 7.39. The van der Waals surface area contributed by atoms with Gasteiger partial charge in [-0.3, -0.25) is 4.79 Å². The minimum atomic E-state index is -0.872. The normalized spacial score (nSPS) is 17.5. The van der Waals surface area contributed by atoms with Crippen LogP contribution in [0.5, 0.6) is 5.75 Å². The summed E-state index contributed by atoms with van der Waals surface area (Å²) in [6.07, 6.45) is 6.81. The maximum Gasteiger partial charge on any atom is 0.256 e. The molecule has 3 rings (SSSR count). The molecule has 1 fully saturated rings. The summed E-state index contributed by atoms with van der Waals surface area (Å²) in [7, 11) is 1.91. The van der Waals surface area contributed by atoms with Gasteiger partial charge >= 0.3 is 0 Å². The van der Waals surface area contributed by atoms with Gasteiger partial charge in [0.25, 0.3) is 5.91 Å². The van der Waals surface area contributed by atoms with Crippen LogP contribution in [0.1, 0.15) is 35.7 Å². The van der Waals surface area contributed by atoms with Crippen LogP contribution in [-0.2, 0) is 0 Å². The quantitative estimate of drug-likeness (QED) is 0.658. The summed E-state index contributed by atoms with van der Waals surface area (Å²) in [6.45, 7) is 2.78. The second kappa shape index (κ2) is 10.00. The van der Waals surface area contributed by atoms with Gasteiger partial charge in [-0.1, -0.05) is 23.8 Å². The molecule has 1 N–H and O–H groups in total. The number of aromatic nitrogens is 1. The summed E-state index contributed by atoms with van der Waals surface area (Å²) in [4.78, 5) is 18.2. The highest BCUT2D eigenvalue weighted by molar-refractivity contribution is 6.30. The van der Waals surface area contributed by atoms with E-state index in [9.17, 15) is 13.6 Å². The monoisotopic (exact) mass is 435 g/mol. The molecule has 160 valence electrons. The molecule has 5 nitrogen and oxygen atoms in total. The topological polar surface area (TPSA) is 54.5 Å². The summed E-state index contributed by atoms with van der Waals surface area (Å²) >= 11 is 6.18. The SMILES string of the molecule is CN[C@@H](C)CC=Cc1cnc(Cl)c(O[C@H]2CCN(C(=O)c3ccc(F)cc3F)C2)c1. The van der Waals surface area contributed by atoms with Crippen molar-refractivity contribution in [3.8, 4) is 5.75 Å². The molecule has 1 aromatic heterocycles. The van der Waals surface area contributed by atoms with Gasteiger partial charge in [-0.15, -0.1) is 0 Å². The predicted octanol–water partition coefficient (Wildman–Crippen LogP) is 4.32. The summed E-state index contributed by atoms with van der Waals surface area (Å²) in [5.74, 6) is -1.64. The van der Waals surface area contributed by atoms with Gasteiger partial charge in [0.1, 0.15) is 17.7 Å². The number of pyridine rings is 1. The average molecular weight is 436 g/mol. The highest BCUT2D eigenvalue weighted by Crippen LogP contribution is 2.27. The Morgan fingerprint density at radius 2 is 2.23 bits per heavy atom. The van der Waals surface area contributed by atoms with Crippen LogP contribution in [0.3, 0.4) is 0 Å². The number of nitrogens with one attached hydrogen (secondary N) is 1. The zero-order valence-corrected chi connectivity index (χ0v) is 17.6. The molecule has 1 saturated heterocycles. The van der Waals surface area contributed by atoms with Crippen molar-refractivity contribution in [1.29, 1.82) is 0 Å². The fourth-order valence-electron chi connectivity index (χ4n) is 3.16. The molecule has 2 aromatic rings. The molecule has 0 aliphatic carbocycles. The van der Waals surface area contributed by atoms with Crippen LogP contribution in [-0.4, -0.2) is 48.1 Å². The van der Waals surface area contributed by atoms with Crippen LogP contribution < -0.4 is 10.1 Å². The Labute approximate surface area is 179 Å². The molecular weight excluding hydrogens is 412 g/mol. The van der Waals surface area contributed by atoms with Crippen molar-refractivity contribution in [3.63, 3.8) is 0 Å². The standard InChI is InChI=1S/C22H24ClF2N3O2/c1-14(26-2)4-3-5-15-10-20(21(23)27-12-15)30-17-8-9-28(13-17)22(29)18-7-6-16(24)11-19(18)25/h3,5-7,10-12,14,17,26H,4,8-9,13H2,1-2H3/t14-,17-/m0/s1. The van der Waals surface area contributed by atoms with Crippen LogP contribution in [0.15, 0.2) is 36.5 Å². The zero-order chi connectivity index (χ0) is 21.7. The van der Waals surface area contributed by atoms with Crippen molar-refractivity contribution in [2.24, 2.45) is 0 Å². The number of nitrogens with zero attached hydrogens (tertiary/aromatic N) is 2. The van der Waals surface area contributed by atoms with Crippen LogP contribution in [0, 0.1) is 11.6 Å². The lowest BCUT2D eigenvalue weighted by Gasteiger charge is -2.18. The van der Waals surface area contributed by atoms with Crippen molar-refractivity contribution in [3.05, 3.63) is 64.5 Å². The Bertz CT molecular complexity index is 939. The molecular formula is C22H24ClF2N3O2. The Morgan fingerprint density at radius 3 is 2.97 bits per heavy atom. The predicted molar refractivity (Wildman–Crippen MR) is 113 cm³/mol. The number of hydrogen-bond donors (Lipinski definition) is 1. The van der Waals surface area contributed by atoms with Crippen LogP contribution in [0.25, 0.3) is 6.08 Å². The van der Waals surface area contributed by atoms with E-state index in [1.807, 2.05) is 19.2 Å². The second-order valence-corrected chi connectivity index (χ2v) is 7.65. The van der Waals surface area contributed by atoms with E-state index in [4.69, 9.17) is 16.3 Å². The number of carbonyl (C=O) groups is 1. The van der Waals surface area contributed by atoms with E-state index >= 15 is 0 Å². The van der Waals surface area contributed by atoms with Crippen molar-refractivity contribution in [1.82, 2.24) is 15.2 Å². The van der Waals surface area contributed by atoms with Gasteiger partial charge in [-0.25, -0.2) is 13.8 Å². The van der Waals surface area contributed by atoms with Crippen molar-refractivity contribution >= 4 is 23.6 Å². The Morgan fingerprint density at radius 1 is 1.43 bits per heavy atom. The number of hydrogen-bond acceptors (Lipinski definition) is 4. The molecule has 0 bridgehead atoms. The van der Waals surface area contributed by atoms with Gasteiger partial charge < -0.3 is 15.0 Å². The van der Waals surface area contributed by atoms with E-state index in [1.54, 1.807) is 12.3 Å². The fraction of sp³-hybridized carbons (Fsp3) is 0.364. The molecule has 0 radical (unpaired) electrons. The number of carbonyl (C=O) groups excluding carboxylic acids is 1. The molecule has 1 aromatic carbocycles. The van der Waals surface area contributed by atoms with Gasteiger partial charge in [-0.05, 0) is 44.2 Å². The molecule has 1 aliphatic rings. The summed E-state index contributed by atoms with van der Waals surface area (Å²) in [5, 5.41) is 3.41. The molecule has 1 aliphatic heterocycles. The van der Waals surface area contributed by atoms with E-state index in [-0.39, 0.29) is 23.4 Å². The number of benzene rings is 1. The van der Waals surface area contributed by atoms with Crippen LogP contribution in [0.2, 0.25) is 5.15 Å². The maximum atomic E-state index is 13.9. The van der Waals surface area contributed by atoms with Gasteiger partial charge in [0.2, 0.25) is 0 Å². The molecule has 0 spiro atoms. The lowest BCUT2D eigenvalue weighted by molar-refractivity contribution is 0.0767. The largest absolute Gasteiger partial charge is 0.485 e. The minimum Gasteiger partial charge on any atom is -0.485 e. The van der Waals surface area contributed by atoms with E-state index in [0.717, 1.165) is 24.1 Å². The number of ether oxygens (including phenoxy) is 1. The van der Waals surface area contributed by atoms with Crippen LogP contribution in [0.4, 0.5) is 8.78 Å². The second-order valence-electron chi connectivity index (χ2n) is 7.29. The third kappa shape index (κ3) is 5.55. The third-order valence-corrected chi connectivity index (χ3v) is 5.29. The molecule has 2 heterocycles. The zero-order valence-electron chi connectivity index (χ0n) is 16.9. The highest BCUT2D eigenvalue weighted by Gasteiger charge is 2.30. The number of rotatable bonds is 7. The molecule has 2 atom stereocenters. The van der Waals surface area contributed by atoms with E-state index in [2.05, 4.69) is 17.2 Å². The fourth-order valence-corrected chi connectivity index (χ4v) is 3.31. The van der Waals surface area contributed by atoms with Gasteiger partial charge in [0.05, 0.1) is 12.1 Å². The Balaban J connectivity index is 1.63. The van der Waals surface area contributed by atoms with Crippen LogP contribution >= 0.6 is 11.6 Å². The van der Waals surface area contributed by atoms with Gasteiger partial charge in [0.15, 0.2) is 10.9 Å². The lowest BCUT2D eigenvalue weighted by atomic mass is 10.2. The molecule has 8 heteroatoms. The average Bonchev–Trinajstić information content (AvgIpc) is 3.18. The summed E-state index contributed by atoms with van der Waals surface area (Å²) in [5.41, 5.74) is 0.705. The van der Waals surface area contributed by atoms with Gasteiger partial charge in [0, 0.05) is 31.3 Å². The number of likely N-dealkylation sites (tertiary alicyclic amines) is 1. The number of amides is 1. The first kappa shape index (κ1) is 22.2. The molecule has 30 heavy (non-hydrogen) atoms. The first-order valence-corrected chi connectivity index (χ1v) is 10.2. The minimum absolute atomic E-state index is 0.153. The molecule has 1 amide bonds. The molecule has 0 saturated carbocycles. The molecule has 0 unspecified atom stereocenters. The first-order valence-electron chi connectivity index (χ1n) is 9.77. The Hall–Kier alpha value is -2.51. The number of halogens is 3. The van der Waals surface area contributed by atoms with E-state index in [0.29, 0.717) is 30.8 Å². The smallest absolute Gasteiger partial charge is 0.256 e. The maximum absolute atomic E-state index is 13.9. The van der Waals surface area contributed by atoms with Crippen molar-refractivity contribution in [2.75, 3.05) is 20.1 Å². The van der Waals surface area contributed by atoms with Crippen molar-refractivity contribution in [2.45, 2.75) is 31.9 Å². The highest BCUT2D eigenvalue weighted by atomic mass is 35.5. The van der Waals surface area contributed by atoms with Crippen molar-refractivity contribution < 1.29 is 18.3 Å². The lowest BCUT2D eigenvalue weighted by Crippen LogP contribution is -2.31. The third-order valence-electron chi connectivity index (χ3n) is 5.01. The summed E-state index contributed by atoms with van der Waals surface area (Å²) < 4.78 is 33.0. The van der Waals surface area contributed by atoms with E-state index < -0.39 is 17.5 Å². The summed E-state index contributed by atoms with van der Waals surface area (Å²) in [6, 6.07) is 5.11. The van der Waals surface area contributed by atoms with Gasteiger partial charge in [-0.2, -0.15) is 0 Å². The van der Waals surface area contributed by atoms with E-state index in [1.165, 1.54) is 4.90 Å². The first-order chi connectivity index (χ1) is 14.4.